The Morgan fingerprint density at radius 1 is 0.377 bits per heavy atom. The topological polar surface area (TPSA) is 28.7 Å². The van der Waals surface area contributed by atoms with Gasteiger partial charge in [-0.1, -0.05) is 146 Å². The molecule has 2 spiro atoms. The lowest BCUT2D eigenvalue weighted by atomic mass is 9.52. The summed E-state index contributed by atoms with van der Waals surface area (Å²) >= 11 is 0. The van der Waals surface area contributed by atoms with E-state index in [9.17, 15) is 5.26 Å². The molecule has 9 aromatic rings. The summed E-state index contributed by atoms with van der Waals surface area (Å²) in [5.74, 6) is 0. The Labute approximate surface area is 307 Å². The molecule has 2 nitrogen and oxygen atoms in total. The normalized spacial score (nSPS) is 14.7. The largest absolute Gasteiger partial charge is 0.309 e. The average molecular weight is 671 g/mol. The fourth-order valence-corrected chi connectivity index (χ4v) is 10.7. The summed E-state index contributed by atoms with van der Waals surface area (Å²) < 4.78 is 2.36. The van der Waals surface area contributed by atoms with Gasteiger partial charge in [-0.15, -0.1) is 0 Å². The zero-order chi connectivity index (χ0) is 34.9. The first kappa shape index (κ1) is 28.7. The van der Waals surface area contributed by atoms with Gasteiger partial charge >= 0.3 is 0 Å². The van der Waals surface area contributed by atoms with Crippen LogP contribution in [-0.4, -0.2) is 4.57 Å². The molecule has 8 aromatic carbocycles. The van der Waals surface area contributed by atoms with Crippen molar-refractivity contribution in [3.05, 3.63) is 232 Å². The number of para-hydroxylation sites is 1. The number of aromatic nitrogens is 1. The predicted octanol–water partition coefficient (Wildman–Crippen LogP) is 11.7. The van der Waals surface area contributed by atoms with Crippen molar-refractivity contribution >= 4 is 21.8 Å². The maximum atomic E-state index is 9.57. The highest BCUT2D eigenvalue weighted by Gasteiger charge is 2.59. The Kier molecular flexibility index (Phi) is 5.47. The Hall–Kier alpha value is -6.95. The second kappa shape index (κ2) is 10.1. The molecule has 12 rings (SSSR count). The number of benzene rings is 8. The van der Waals surface area contributed by atoms with Crippen molar-refractivity contribution in [2.45, 2.75) is 10.8 Å². The van der Waals surface area contributed by atoms with Crippen molar-refractivity contribution in [2.75, 3.05) is 0 Å². The van der Waals surface area contributed by atoms with Gasteiger partial charge in [-0.2, -0.15) is 5.26 Å². The lowest BCUT2D eigenvalue weighted by Gasteiger charge is -2.48. The molecule has 0 bridgehead atoms. The van der Waals surface area contributed by atoms with E-state index < -0.39 is 10.8 Å². The zero-order valence-electron chi connectivity index (χ0n) is 28.7. The maximum absolute atomic E-state index is 9.57. The van der Waals surface area contributed by atoms with Crippen LogP contribution in [0.1, 0.15) is 50.1 Å². The molecule has 3 aliphatic rings. The van der Waals surface area contributed by atoms with Gasteiger partial charge in [0.2, 0.25) is 0 Å². The van der Waals surface area contributed by atoms with Gasteiger partial charge in [-0.05, 0) is 103 Å². The van der Waals surface area contributed by atoms with Gasteiger partial charge < -0.3 is 4.57 Å². The molecule has 0 saturated carbocycles. The molecule has 244 valence electrons. The van der Waals surface area contributed by atoms with E-state index in [4.69, 9.17) is 0 Å². The fourth-order valence-electron chi connectivity index (χ4n) is 10.7. The highest BCUT2D eigenvalue weighted by molar-refractivity contribution is 6.18. The third-order valence-corrected chi connectivity index (χ3v) is 12.5. The second-order valence-corrected chi connectivity index (χ2v) is 14.6. The first-order valence-corrected chi connectivity index (χ1v) is 18.3. The molecule has 0 fully saturated rings. The first-order valence-electron chi connectivity index (χ1n) is 18.3. The van der Waals surface area contributed by atoms with Crippen LogP contribution in [0.4, 0.5) is 0 Å². The fraction of sp³-hybridized carbons (Fsp3) is 0.0392. The SMILES string of the molecule is N#Cc1ccc(-n2c3ccccc3c3c4c(ccc32)C2(c3ccccc3-4)c3ccccc3C3(c4ccccc4-c4ccccc43)c3ccccc32)cc1. The van der Waals surface area contributed by atoms with Crippen molar-refractivity contribution in [1.29, 1.82) is 5.26 Å². The maximum Gasteiger partial charge on any atom is 0.0991 e. The summed E-state index contributed by atoms with van der Waals surface area (Å²) in [6.07, 6.45) is 0. The highest BCUT2D eigenvalue weighted by Crippen LogP contribution is 2.68. The van der Waals surface area contributed by atoms with Crippen LogP contribution < -0.4 is 0 Å². The van der Waals surface area contributed by atoms with E-state index in [1.807, 2.05) is 12.1 Å². The standard InChI is InChI=1S/C51H30N2/c52-31-32-25-27-33(28-26-32)53-46-24-12-4-16-37(46)49-47(53)30-29-45-48(49)36-15-3-7-19-40(36)51(45)43-22-10-8-20-41(43)50(42-21-9-11-23-44(42)51)38-17-5-1-13-34(38)35-14-2-6-18-39(35)50/h1-30H. The zero-order valence-corrected chi connectivity index (χ0v) is 28.7. The van der Waals surface area contributed by atoms with Gasteiger partial charge in [0.15, 0.2) is 0 Å². The second-order valence-electron chi connectivity index (χ2n) is 14.6. The molecule has 1 aromatic heterocycles. The minimum absolute atomic E-state index is 0.459. The molecule has 0 radical (unpaired) electrons. The number of nitrogens with zero attached hydrogens (tertiary/aromatic N) is 2. The quantitative estimate of drug-likeness (QED) is 0.171. The minimum atomic E-state index is -0.539. The van der Waals surface area contributed by atoms with Gasteiger partial charge in [-0.3, -0.25) is 0 Å². The molecule has 0 saturated heterocycles. The lowest BCUT2D eigenvalue weighted by molar-refractivity contribution is 0.633. The number of nitriles is 1. The summed E-state index contributed by atoms with van der Waals surface area (Å²) in [4.78, 5) is 0. The molecule has 2 heteroatoms. The van der Waals surface area contributed by atoms with E-state index in [1.54, 1.807) is 0 Å². The van der Waals surface area contributed by atoms with Gasteiger partial charge in [0, 0.05) is 16.5 Å². The number of rotatable bonds is 1. The van der Waals surface area contributed by atoms with E-state index in [0.717, 1.165) is 16.7 Å². The monoisotopic (exact) mass is 670 g/mol. The van der Waals surface area contributed by atoms with E-state index in [2.05, 4.69) is 180 Å². The Morgan fingerprint density at radius 3 is 1.40 bits per heavy atom. The van der Waals surface area contributed by atoms with Crippen molar-refractivity contribution in [3.63, 3.8) is 0 Å². The molecular weight excluding hydrogens is 641 g/mol. The van der Waals surface area contributed by atoms with Gasteiger partial charge in [-0.25, -0.2) is 0 Å². The molecule has 0 atom stereocenters. The molecule has 0 aliphatic heterocycles. The van der Waals surface area contributed by atoms with Crippen molar-refractivity contribution in [3.8, 4) is 34.0 Å². The van der Waals surface area contributed by atoms with Crippen LogP contribution in [0, 0.1) is 11.3 Å². The molecule has 3 aliphatic carbocycles. The minimum Gasteiger partial charge on any atom is -0.309 e. The van der Waals surface area contributed by atoms with Crippen LogP contribution in [0.2, 0.25) is 0 Å². The Bertz CT molecular complexity index is 2980. The summed E-state index contributed by atoms with van der Waals surface area (Å²) in [5, 5.41) is 12.1. The van der Waals surface area contributed by atoms with E-state index >= 15 is 0 Å². The van der Waals surface area contributed by atoms with Crippen molar-refractivity contribution in [2.24, 2.45) is 0 Å². The number of fused-ring (bicyclic) bond motifs is 20. The lowest BCUT2D eigenvalue weighted by Crippen LogP contribution is -2.43. The Morgan fingerprint density at radius 2 is 0.830 bits per heavy atom. The van der Waals surface area contributed by atoms with Crippen LogP contribution in [0.5, 0.6) is 0 Å². The van der Waals surface area contributed by atoms with Crippen LogP contribution in [0.3, 0.4) is 0 Å². The molecular formula is C51H30N2. The number of hydrogen-bond donors (Lipinski definition) is 0. The van der Waals surface area contributed by atoms with Crippen molar-refractivity contribution < 1.29 is 0 Å². The van der Waals surface area contributed by atoms with Crippen LogP contribution in [-0.2, 0) is 10.8 Å². The van der Waals surface area contributed by atoms with E-state index in [1.165, 1.54) is 77.5 Å². The van der Waals surface area contributed by atoms with E-state index in [0.29, 0.717) is 5.56 Å². The molecule has 1 heterocycles. The smallest absolute Gasteiger partial charge is 0.0991 e. The molecule has 0 amide bonds. The molecule has 53 heavy (non-hydrogen) atoms. The van der Waals surface area contributed by atoms with Crippen molar-refractivity contribution in [1.82, 2.24) is 4.57 Å². The van der Waals surface area contributed by atoms with Gasteiger partial charge in [0.1, 0.15) is 0 Å². The average Bonchev–Trinajstić information content (AvgIpc) is 3.83. The third-order valence-electron chi connectivity index (χ3n) is 12.5. The third kappa shape index (κ3) is 3.26. The summed E-state index contributed by atoms with van der Waals surface area (Å²) in [7, 11) is 0. The van der Waals surface area contributed by atoms with E-state index in [-0.39, 0.29) is 0 Å². The van der Waals surface area contributed by atoms with Crippen LogP contribution >= 0.6 is 0 Å². The summed E-state index contributed by atoms with van der Waals surface area (Å²) in [5.41, 5.74) is 19.0. The van der Waals surface area contributed by atoms with Gasteiger partial charge in [0.05, 0.1) is 33.5 Å². The Balaban J connectivity index is 1.26. The van der Waals surface area contributed by atoms with Gasteiger partial charge in [0.25, 0.3) is 0 Å². The summed E-state index contributed by atoms with van der Waals surface area (Å²) in [6, 6.07) is 69.6. The summed E-state index contributed by atoms with van der Waals surface area (Å²) in [6.45, 7) is 0. The van der Waals surface area contributed by atoms with Crippen LogP contribution in [0.25, 0.3) is 49.7 Å². The molecule has 0 unspecified atom stereocenters. The number of hydrogen-bond acceptors (Lipinski definition) is 1. The predicted molar refractivity (Wildman–Crippen MR) is 214 cm³/mol. The van der Waals surface area contributed by atoms with Crippen LogP contribution in [0.15, 0.2) is 182 Å². The molecule has 0 N–H and O–H groups in total. The first-order chi connectivity index (χ1) is 26.3. The highest BCUT2D eigenvalue weighted by atomic mass is 15.0.